The number of aromatic nitrogens is 2. The molecule has 2 N–H and O–H groups in total. The summed E-state index contributed by atoms with van der Waals surface area (Å²) in [5, 5.41) is 6.93. The maximum Gasteiger partial charge on any atom is 0.229 e. The third kappa shape index (κ3) is 4.65. The Morgan fingerprint density at radius 2 is 1.85 bits per heavy atom. The second-order valence-electron chi connectivity index (χ2n) is 7.04. The van der Waals surface area contributed by atoms with E-state index in [0.29, 0.717) is 12.0 Å². The highest BCUT2D eigenvalue weighted by Crippen LogP contribution is 2.25. The highest BCUT2D eigenvalue weighted by atomic mass is 15.1. The molecule has 3 rings (SSSR count). The summed E-state index contributed by atoms with van der Waals surface area (Å²) in [4.78, 5) is 11.4. The van der Waals surface area contributed by atoms with Crippen molar-refractivity contribution in [1.29, 1.82) is 0 Å². The van der Waals surface area contributed by atoms with Crippen LogP contribution in [-0.4, -0.2) is 29.1 Å². The molecule has 5 heteroatoms. The molecule has 1 saturated carbocycles. The lowest BCUT2D eigenvalue weighted by molar-refractivity contribution is 0.462. The second kappa shape index (κ2) is 8.88. The van der Waals surface area contributed by atoms with Crippen molar-refractivity contribution in [2.75, 3.05) is 28.6 Å². The van der Waals surface area contributed by atoms with Gasteiger partial charge in [0, 0.05) is 36.7 Å². The fraction of sp³-hybridized carbons (Fsp3) is 0.524. The van der Waals surface area contributed by atoms with E-state index < -0.39 is 0 Å². The molecule has 1 aromatic carbocycles. The minimum Gasteiger partial charge on any atom is -0.372 e. The molecule has 0 bridgehead atoms. The van der Waals surface area contributed by atoms with Gasteiger partial charge in [0.05, 0.1) is 0 Å². The summed E-state index contributed by atoms with van der Waals surface area (Å²) in [5.74, 6) is 1.55. The Morgan fingerprint density at radius 1 is 1.08 bits per heavy atom. The highest BCUT2D eigenvalue weighted by molar-refractivity contribution is 5.64. The Balaban J connectivity index is 1.69. The van der Waals surface area contributed by atoms with Gasteiger partial charge in [-0.15, -0.1) is 0 Å². The third-order valence-corrected chi connectivity index (χ3v) is 5.20. The number of hydrogen-bond donors (Lipinski definition) is 2. The summed E-state index contributed by atoms with van der Waals surface area (Å²) < 4.78 is 0. The summed E-state index contributed by atoms with van der Waals surface area (Å²) in [6.07, 6.45) is 8.27. The highest BCUT2D eigenvalue weighted by Gasteiger charge is 2.14. The molecule has 1 heterocycles. The molecule has 0 saturated heterocycles. The van der Waals surface area contributed by atoms with Crippen LogP contribution in [0.25, 0.3) is 0 Å². The molecule has 26 heavy (non-hydrogen) atoms. The van der Waals surface area contributed by atoms with Crippen molar-refractivity contribution in [3.63, 3.8) is 0 Å². The average molecular weight is 354 g/mol. The van der Waals surface area contributed by atoms with Crippen molar-refractivity contribution in [2.24, 2.45) is 0 Å². The first-order valence-corrected chi connectivity index (χ1v) is 9.91. The van der Waals surface area contributed by atoms with E-state index >= 15 is 0 Å². The molecule has 5 nitrogen and oxygen atoms in total. The molecule has 1 aliphatic carbocycles. The SMILES string of the molecule is CCN(CC)c1ccc(Nc2nccc(NC3CCCCC3)n2)c(C)c1. The lowest BCUT2D eigenvalue weighted by atomic mass is 9.95. The van der Waals surface area contributed by atoms with Crippen LogP contribution in [0.2, 0.25) is 0 Å². The van der Waals surface area contributed by atoms with Gasteiger partial charge in [-0.3, -0.25) is 0 Å². The van der Waals surface area contributed by atoms with E-state index in [4.69, 9.17) is 0 Å². The summed E-state index contributed by atoms with van der Waals surface area (Å²) in [7, 11) is 0. The van der Waals surface area contributed by atoms with Crippen LogP contribution in [0, 0.1) is 6.92 Å². The van der Waals surface area contributed by atoms with Crippen molar-refractivity contribution in [3.05, 3.63) is 36.0 Å². The summed E-state index contributed by atoms with van der Waals surface area (Å²) in [6.45, 7) is 8.52. The third-order valence-electron chi connectivity index (χ3n) is 5.20. The van der Waals surface area contributed by atoms with Crippen LogP contribution in [-0.2, 0) is 0 Å². The van der Waals surface area contributed by atoms with Gasteiger partial charge in [0.1, 0.15) is 5.82 Å². The van der Waals surface area contributed by atoms with E-state index in [-0.39, 0.29) is 0 Å². The van der Waals surface area contributed by atoms with Crippen molar-refractivity contribution in [1.82, 2.24) is 9.97 Å². The van der Waals surface area contributed by atoms with Crippen molar-refractivity contribution < 1.29 is 0 Å². The first-order valence-electron chi connectivity index (χ1n) is 9.91. The molecule has 2 aromatic rings. The van der Waals surface area contributed by atoms with Crippen LogP contribution < -0.4 is 15.5 Å². The predicted molar refractivity (Wildman–Crippen MR) is 111 cm³/mol. The Bertz CT molecular complexity index is 705. The Kier molecular flexibility index (Phi) is 6.31. The quantitative estimate of drug-likeness (QED) is 0.723. The molecule has 1 aliphatic rings. The van der Waals surface area contributed by atoms with E-state index in [0.717, 1.165) is 24.6 Å². The Morgan fingerprint density at radius 3 is 2.54 bits per heavy atom. The zero-order chi connectivity index (χ0) is 18.4. The molecule has 0 aliphatic heterocycles. The number of anilines is 4. The van der Waals surface area contributed by atoms with Crippen molar-refractivity contribution in [3.8, 4) is 0 Å². The van der Waals surface area contributed by atoms with Gasteiger partial charge >= 0.3 is 0 Å². The van der Waals surface area contributed by atoms with Gasteiger partial charge in [-0.05, 0) is 63.4 Å². The fourth-order valence-electron chi connectivity index (χ4n) is 3.65. The fourth-order valence-corrected chi connectivity index (χ4v) is 3.65. The van der Waals surface area contributed by atoms with Gasteiger partial charge in [-0.2, -0.15) is 4.98 Å². The largest absolute Gasteiger partial charge is 0.372 e. The maximum absolute atomic E-state index is 4.65. The smallest absolute Gasteiger partial charge is 0.229 e. The molecule has 1 fully saturated rings. The number of hydrogen-bond acceptors (Lipinski definition) is 5. The molecule has 0 atom stereocenters. The van der Waals surface area contributed by atoms with Crippen molar-refractivity contribution in [2.45, 2.75) is 58.9 Å². The topological polar surface area (TPSA) is 53.1 Å². The Hall–Kier alpha value is -2.30. The van der Waals surface area contributed by atoms with Gasteiger partial charge in [-0.25, -0.2) is 4.98 Å². The number of aryl methyl sites for hydroxylation is 1. The minimum atomic E-state index is 0.543. The van der Waals surface area contributed by atoms with Crippen LogP contribution in [0.3, 0.4) is 0 Å². The summed E-state index contributed by atoms with van der Waals surface area (Å²) >= 11 is 0. The monoisotopic (exact) mass is 353 g/mol. The lowest BCUT2D eigenvalue weighted by Crippen LogP contribution is -2.23. The number of nitrogens with zero attached hydrogens (tertiary/aromatic N) is 3. The molecule has 1 aromatic heterocycles. The normalized spacial score (nSPS) is 14.9. The first-order chi connectivity index (χ1) is 12.7. The molecule has 0 spiro atoms. The molecular weight excluding hydrogens is 322 g/mol. The second-order valence-corrected chi connectivity index (χ2v) is 7.04. The summed E-state index contributed by atoms with van der Waals surface area (Å²) in [6, 6.07) is 9.00. The van der Waals surface area contributed by atoms with Crippen LogP contribution in [0.5, 0.6) is 0 Å². The Labute approximate surface area is 157 Å². The van der Waals surface area contributed by atoms with Gasteiger partial charge in [0.15, 0.2) is 0 Å². The molecular formula is C21H31N5. The van der Waals surface area contributed by atoms with Crippen LogP contribution in [0.1, 0.15) is 51.5 Å². The lowest BCUT2D eigenvalue weighted by Gasteiger charge is -2.23. The summed E-state index contributed by atoms with van der Waals surface area (Å²) in [5.41, 5.74) is 3.51. The van der Waals surface area contributed by atoms with Gasteiger partial charge in [-0.1, -0.05) is 19.3 Å². The van der Waals surface area contributed by atoms with E-state index in [1.807, 2.05) is 12.3 Å². The van der Waals surface area contributed by atoms with E-state index in [9.17, 15) is 0 Å². The van der Waals surface area contributed by atoms with E-state index in [1.54, 1.807) is 0 Å². The zero-order valence-electron chi connectivity index (χ0n) is 16.3. The van der Waals surface area contributed by atoms with E-state index in [2.05, 4.69) is 64.5 Å². The maximum atomic E-state index is 4.65. The number of rotatable bonds is 7. The number of nitrogens with one attached hydrogen (secondary N) is 2. The minimum absolute atomic E-state index is 0.543. The average Bonchev–Trinajstić information content (AvgIpc) is 2.66. The van der Waals surface area contributed by atoms with Crippen LogP contribution >= 0.6 is 0 Å². The molecule has 0 unspecified atom stereocenters. The molecule has 0 radical (unpaired) electrons. The zero-order valence-corrected chi connectivity index (χ0v) is 16.3. The molecule has 0 amide bonds. The van der Waals surface area contributed by atoms with Gasteiger partial charge in [0.25, 0.3) is 0 Å². The van der Waals surface area contributed by atoms with Gasteiger partial charge < -0.3 is 15.5 Å². The number of benzene rings is 1. The standard InChI is InChI=1S/C21H31N5/c1-4-26(5-2)18-11-12-19(16(3)15-18)24-21-22-14-13-20(25-21)23-17-9-7-6-8-10-17/h11-15,17H,4-10H2,1-3H3,(H2,22,23,24,25). The predicted octanol–water partition coefficient (Wildman–Crippen LogP) is 5.12. The van der Waals surface area contributed by atoms with Crippen LogP contribution in [0.15, 0.2) is 30.5 Å². The van der Waals surface area contributed by atoms with Gasteiger partial charge in [0.2, 0.25) is 5.95 Å². The first kappa shape index (κ1) is 18.5. The van der Waals surface area contributed by atoms with E-state index in [1.165, 1.54) is 43.4 Å². The molecule has 140 valence electrons. The van der Waals surface area contributed by atoms with Crippen LogP contribution in [0.4, 0.5) is 23.1 Å². The van der Waals surface area contributed by atoms with Crippen molar-refractivity contribution >= 4 is 23.1 Å².